The molecule has 1 heterocycles. The minimum atomic E-state index is -0.257. The van der Waals surface area contributed by atoms with E-state index in [0.717, 1.165) is 5.56 Å². The zero-order valence-corrected chi connectivity index (χ0v) is 15.6. The Balaban J connectivity index is 1.75. The van der Waals surface area contributed by atoms with Crippen LogP contribution in [0.1, 0.15) is 26.3 Å². The van der Waals surface area contributed by atoms with Crippen molar-refractivity contribution < 1.29 is 9.59 Å². The van der Waals surface area contributed by atoms with Crippen LogP contribution in [0.4, 0.5) is 10.8 Å². The number of hydrogen-bond acceptors (Lipinski definition) is 4. The third kappa shape index (κ3) is 4.12. The maximum atomic E-state index is 12.4. The first-order chi connectivity index (χ1) is 12.0. The normalized spacial score (nSPS) is 10.3. The van der Waals surface area contributed by atoms with Crippen molar-refractivity contribution in [1.82, 2.24) is 4.98 Å². The van der Waals surface area contributed by atoms with Crippen molar-refractivity contribution in [3.63, 3.8) is 0 Å². The average molecular weight is 416 g/mol. The molecule has 5 nitrogen and oxygen atoms in total. The number of hydrogen-bond donors (Lipinski definition) is 2. The lowest BCUT2D eigenvalue weighted by atomic mass is 10.1. The van der Waals surface area contributed by atoms with Gasteiger partial charge in [-0.25, -0.2) is 4.98 Å². The Morgan fingerprint density at radius 3 is 2.56 bits per heavy atom. The van der Waals surface area contributed by atoms with E-state index in [1.165, 1.54) is 11.3 Å². The molecular weight excluding hydrogens is 402 g/mol. The monoisotopic (exact) mass is 415 g/mol. The van der Waals surface area contributed by atoms with Crippen molar-refractivity contribution in [2.45, 2.75) is 6.92 Å². The van der Waals surface area contributed by atoms with Gasteiger partial charge in [-0.2, -0.15) is 0 Å². The SMILES string of the molecule is Cc1ccccc1C(=O)Nc1ccc(C(=O)Nc2nccs2)cc1Br. The highest BCUT2D eigenvalue weighted by Gasteiger charge is 2.13. The van der Waals surface area contributed by atoms with E-state index in [-0.39, 0.29) is 11.8 Å². The molecule has 3 rings (SSSR count). The summed E-state index contributed by atoms with van der Waals surface area (Å²) in [6.07, 6.45) is 1.63. The standard InChI is InChI=1S/C18H14BrN3O2S/c1-11-4-2-3-5-13(11)17(24)21-15-7-6-12(10-14(15)19)16(23)22-18-20-8-9-25-18/h2-10H,1H3,(H,21,24)(H,20,22,23). The molecule has 0 fully saturated rings. The molecule has 3 aromatic rings. The van der Waals surface area contributed by atoms with Crippen LogP contribution in [0.25, 0.3) is 0 Å². The van der Waals surface area contributed by atoms with E-state index in [0.29, 0.717) is 26.4 Å². The molecule has 0 aliphatic carbocycles. The molecule has 0 unspecified atom stereocenters. The van der Waals surface area contributed by atoms with E-state index < -0.39 is 0 Å². The summed E-state index contributed by atoms with van der Waals surface area (Å²) in [5.74, 6) is -0.453. The number of aryl methyl sites for hydroxylation is 1. The summed E-state index contributed by atoms with van der Waals surface area (Å²) in [7, 11) is 0. The van der Waals surface area contributed by atoms with Crippen LogP contribution in [0.2, 0.25) is 0 Å². The fourth-order valence-electron chi connectivity index (χ4n) is 2.23. The van der Waals surface area contributed by atoms with Crippen LogP contribution >= 0.6 is 27.3 Å². The molecular formula is C18H14BrN3O2S. The maximum Gasteiger partial charge on any atom is 0.257 e. The second-order valence-electron chi connectivity index (χ2n) is 5.26. The van der Waals surface area contributed by atoms with Gasteiger partial charge in [-0.05, 0) is 52.7 Å². The number of nitrogens with one attached hydrogen (secondary N) is 2. The second kappa shape index (κ2) is 7.58. The fourth-order valence-corrected chi connectivity index (χ4v) is 3.23. The van der Waals surface area contributed by atoms with E-state index in [1.807, 2.05) is 25.1 Å². The Morgan fingerprint density at radius 2 is 1.88 bits per heavy atom. The van der Waals surface area contributed by atoms with Gasteiger partial charge in [0, 0.05) is 27.2 Å². The minimum Gasteiger partial charge on any atom is -0.321 e. The van der Waals surface area contributed by atoms with E-state index in [2.05, 4.69) is 31.5 Å². The summed E-state index contributed by atoms with van der Waals surface area (Å²) in [5.41, 5.74) is 2.57. The van der Waals surface area contributed by atoms with Gasteiger partial charge in [0.15, 0.2) is 5.13 Å². The number of amides is 2. The number of benzene rings is 2. The summed E-state index contributed by atoms with van der Waals surface area (Å²) < 4.78 is 0.626. The molecule has 0 aliphatic heterocycles. The quantitative estimate of drug-likeness (QED) is 0.647. The molecule has 7 heteroatoms. The molecule has 0 saturated heterocycles. The highest BCUT2D eigenvalue weighted by molar-refractivity contribution is 9.10. The van der Waals surface area contributed by atoms with Gasteiger partial charge in [0.25, 0.3) is 11.8 Å². The van der Waals surface area contributed by atoms with Crippen molar-refractivity contribution >= 4 is 49.9 Å². The molecule has 2 aromatic carbocycles. The Hall–Kier alpha value is -2.51. The van der Waals surface area contributed by atoms with Crippen LogP contribution in [-0.4, -0.2) is 16.8 Å². The van der Waals surface area contributed by atoms with Crippen LogP contribution in [0, 0.1) is 6.92 Å². The first-order valence-corrected chi connectivity index (χ1v) is 9.09. The topological polar surface area (TPSA) is 71.1 Å². The van der Waals surface area contributed by atoms with Gasteiger partial charge >= 0.3 is 0 Å². The zero-order valence-electron chi connectivity index (χ0n) is 13.2. The Labute approximate surface area is 157 Å². The van der Waals surface area contributed by atoms with E-state index in [1.54, 1.807) is 35.8 Å². The van der Waals surface area contributed by atoms with Crippen molar-refractivity contribution in [3.8, 4) is 0 Å². The summed E-state index contributed by atoms with van der Waals surface area (Å²) in [4.78, 5) is 28.6. The van der Waals surface area contributed by atoms with Crippen LogP contribution < -0.4 is 10.6 Å². The van der Waals surface area contributed by atoms with Crippen LogP contribution in [0.5, 0.6) is 0 Å². The molecule has 2 amide bonds. The predicted molar refractivity (Wildman–Crippen MR) is 103 cm³/mol. The fraction of sp³-hybridized carbons (Fsp3) is 0.0556. The van der Waals surface area contributed by atoms with Gasteiger partial charge in [-0.3, -0.25) is 14.9 Å². The summed E-state index contributed by atoms with van der Waals surface area (Å²) in [5, 5.41) is 7.90. The largest absolute Gasteiger partial charge is 0.321 e. The molecule has 2 N–H and O–H groups in total. The Kier molecular flexibility index (Phi) is 5.25. The predicted octanol–water partition coefficient (Wildman–Crippen LogP) is 4.72. The second-order valence-corrected chi connectivity index (χ2v) is 7.00. The Morgan fingerprint density at radius 1 is 1.08 bits per heavy atom. The molecule has 1 aromatic heterocycles. The highest BCUT2D eigenvalue weighted by atomic mass is 79.9. The number of aromatic nitrogens is 1. The van der Waals surface area contributed by atoms with E-state index >= 15 is 0 Å². The maximum absolute atomic E-state index is 12.4. The van der Waals surface area contributed by atoms with Gasteiger partial charge in [-0.1, -0.05) is 18.2 Å². The molecule has 25 heavy (non-hydrogen) atoms. The third-order valence-corrected chi connectivity index (χ3v) is 4.87. The average Bonchev–Trinajstić information content (AvgIpc) is 3.10. The number of thiazole rings is 1. The van der Waals surface area contributed by atoms with Crippen molar-refractivity contribution in [3.05, 3.63) is 75.2 Å². The number of rotatable bonds is 4. The van der Waals surface area contributed by atoms with Gasteiger partial charge < -0.3 is 5.32 Å². The number of anilines is 2. The molecule has 126 valence electrons. The van der Waals surface area contributed by atoms with Crippen LogP contribution in [0.15, 0.2) is 58.5 Å². The van der Waals surface area contributed by atoms with Crippen LogP contribution in [-0.2, 0) is 0 Å². The molecule has 0 saturated carbocycles. The lowest BCUT2D eigenvalue weighted by Gasteiger charge is -2.10. The van der Waals surface area contributed by atoms with Crippen molar-refractivity contribution in [2.75, 3.05) is 10.6 Å². The lowest BCUT2D eigenvalue weighted by Crippen LogP contribution is -2.15. The summed E-state index contributed by atoms with van der Waals surface area (Å²) in [6.45, 7) is 1.88. The first kappa shape index (κ1) is 17.3. The van der Waals surface area contributed by atoms with Gasteiger partial charge in [0.05, 0.1) is 5.69 Å². The van der Waals surface area contributed by atoms with Gasteiger partial charge in [0.1, 0.15) is 0 Å². The summed E-state index contributed by atoms with van der Waals surface area (Å²) >= 11 is 4.75. The molecule has 0 radical (unpaired) electrons. The van der Waals surface area contributed by atoms with Crippen LogP contribution in [0.3, 0.4) is 0 Å². The highest BCUT2D eigenvalue weighted by Crippen LogP contribution is 2.25. The minimum absolute atomic E-state index is 0.196. The number of halogens is 1. The molecule has 0 bridgehead atoms. The number of nitrogens with zero attached hydrogens (tertiary/aromatic N) is 1. The van der Waals surface area contributed by atoms with Crippen molar-refractivity contribution in [1.29, 1.82) is 0 Å². The first-order valence-electron chi connectivity index (χ1n) is 7.42. The number of carbonyl (C=O) groups is 2. The van der Waals surface area contributed by atoms with Crippen molar-refractivity contribution in [2.24, 2.45) is 0 Å². The van der Waals surface area contributed by atoms with Gasteiger partial charge in [0.2, 0.25) is 0 Å². The third-order valence-electron chi connectivity index (χ3n) is 3.52. The molecule has 0 atom stereocenters. The van der Waals surface area contributed by atoms with E-state index in [9.17, 15) is 9.59 Å². The van der Waals surface area contributed by atoms with E-state index in [4.69, 9.17) is 0 Å². The smallest absolute Gasteiger partial charge is 0.257 e. The molecule has 0 spiro atoms. The zero-order chi connectivity index (χ0) is 17.8. The Bertz CT molecular complexity index is 926. The van der Waals surface area contributed by atoms with Gasteiger partial charge in [-0.15, -0.1) is 11.3 Å². The lowest BCUT2D eigenvalue weighted by molar-refractivity contribution is 0.101. The molecule has 0 aliphatic rings. The number of carbonyl (C=O) groups excluding carboxylic acids is 2. The summed E-state index contributed by atoms with van der Waals surface area (Å²) in [6, 6.07) is 12.4.